The highest BCUT2D eigenvalue weighted by Crippen LogP contribution is 2.16. The molecule has 0 bridgehead atoms. The first-order valence-electron chi connectivity index (χ1n) is 5.89. The highest BCUT2D eigenvalue weighted by atomic mass is 79.9. The van der Waals surface area contributed by atoms with Crippen LogP contribution in [0.4, 0.5) is 0 Å². The van der Waals surface area contributed by atoms with Gasteiger partial charge in [0, 0.05) is 16.2 Å². The van der Waals surface area contributed by atoms with Crippen LogP contribution >= 0.6 is 27.5 Å². The summed E-state index contributed by atoms with van der Waals surface area (Å²) < 4.78 is 2.37. The van der Waals surface area contributed by atoms with E-state index < -0.39 is 0 Å². The first-order chi connectivity index (χ1) is 9.65. The minimum Gasteiger partial charge on any atom is -0.294 e. The fourth-order valence-corrected chi connectivity index (χ4v) is 2.50. The van der Waals surface area contributed by atoms with E-state index in [9.17, 15) is 4.79 Å². The van der Waals surface area contributed by atoms with E-state index >= 15 is 0 Å². The Bertz CT molecular complexity index is 847. The molecule has 6 heteroatoms. The van der Waals surface area contributed by atoms with Gasteiger partial charge in [-0.3, -0.25) is 9.36 Å². The summed E-state index contributed by atoms with van der Waals surface area (Å²) in [5.41, 5.74) is 1.36. The lowest BCUT2D eigenvalue weighted by Crippen LogP contribution is -2.21. The molecule has 0 fully saturated rings. The Labute approximate surface area is 128 Å². The van der Waals surface area contributed by atoms with E-state index in [2.05, 4.69) is 25.9 Å². The minimum atomic E-state index is -0.101. The molecule has 0 atom stereocenters. The molecule has 0 saturated heterocycles. The molecule has 0 spiro atoms. The van der Waals surface area contributed by atoms with Crippen molar-refractivity contribution in [1.29, 1.82) is 0 Å². The number of fused-ring (bicyclic) bond motifs is 1. The van der Waals surface area contributed by atoms with E-state index in [4.69, 9.17) is 11.6 Å². The van der Waals surface area contributed by atoms with Crippen molar-refractivity contribution in [2.45, 2.75) is 6.54 Å². The summed E-state index contributed by atoms with van der Waals surface area (Å²) in [5.74, 6) is 0. The molecule has 0 N–H and O–H groups in total. The quantitative estimate of drug-likeness (QED) is 0.667. The third kappa shape index (κ3) is 2.46. The third-order valence-electron chi connectivity index (χ3n) is 2.96. The van der Waals surface area contributed by atoms with E-state index in [-0.39, 0.29) is 5.56 Å². The first-order valence-corrected chi connectivity index (χ1v) is 7.06. The van der Waals surface area contributed by atoms with Crippen LogP contribution in [0.3, 0.4) is 0 Å². The summed E-state index contributed by atoms with van der Waals surface area (Å²) in [6.07, 6.45) is 3.15. The maximum atomic E-state index is 12.4. The fraction of sp³-hybridized carbons (Fsp3) is 0.0714. The van der Waals surface area contributed by atoms with Crippen molar-refractivity contribution in [1.82, 2.24) is 14.5 Å². The van der Waals surface area contributed by atoms with Crippen molar-refractivity contribution in [2.75, 3.05) is 0 Å². The molecule has 0 radical (unpaired) electrons. The Morgan fingerprint density at radius 2 is 2.10 bits per heavy atom. The summed E-state index contributed by atoms with van der Waals surface area (Å²) in [5, 5.41) is 0.968. The van der Waals surface area contributed by atoms with Gasteiger partial charge in [-0.1, -0.05) is 33.6 Å². The summed E-state index contributed by atoms with van der Waals surface area (Å²) in [7, 11) is 0. The zero-order valence-corrected chi connectivity index (χ0v) is 12.6. The van der Waals surface area contributed by atoms with Crippen LogP contribution in [0.15, 0.2) is 52.1 Å². The highest BCUT2D eigenvalue weighted by Gasteiger charge is 2.07. The molecule has 4 nitrogen and oxygen atoms in total. The second-order valence-corrected chi connectivity index (χ2v) is 5.57. The van der Waals surface area contributed by atoms with Gasteiger partial charge < -0.3 is 0 Å². The van der Waals surface area contributed by atoms with Crippen LogP contribution in [0.2, 0.25) is 5.15 Å². The van der Waals surface area contributed by atoms with Gasteiger partial charge in [-0.05, 0) is 24.3 Å². The summed E-state index contributed by atoms with van der Waals surface area (Å²) in [6, 6.07) is 9.06. The maximum Gasteiger partial charge on any atom is 0.261 e. The average Bonchev–Trinajstić information content (AvgIpc) is 2.45. The predicted octanol–water partition coefficient (Wildman–Crippen LogP) is 3.26. The van der Waals surface area contributed by atoms with Gasteiger partial charge >= 0.3 is 0 Å². The zero-order valence-electron chi connectivity index (χ0n) is 10.3. The zero-order chi connectivity index (χ0) is 14.1. The van der Waals surface area contributed by atoms with Crippen molar-refractivity contribution in [2.24, 2.45) is 0 Å². The van der Waals surface area contributed by atoms with E-state index in [0.717, 1.165) is 10.0 Å². The highest BCUT2D eigenvalue weighted by molar-refractivity contribution is 9.10. The largest absolute Gasteiger partial charge is 0.294 e. The number of halogens is 2. The van der Waals surface area contributed by atoms with Crippen LogP contribution in [0, 0.1) is 0 Å². The van der Waals surface area contributed by atoms with E-state index in [1.807, 2.05) is 18.2 Å². The van der Waals surface area contributed by atoms with Gasteiger partial charge in [0.15, 0.2) is 0 Å². The van der Waals surface area contributed by atoms with Gasteiger partial charge in [0.05, 0.1) is 23.8 Å². The number of hydrogen-bond donors (Lipinski definition) is 0. The van der Waals surface area contributed by atoms with Gasteiger partial charge in [0.1, 0.15) is 5.15 Å². The van der Waals surface area contributed by atoms with Crippen molar-refractivity contribution < 1.29 is 0 Å². The molecule has 0 aliphatic carbocycles. The summed E-state index contributed by atoms with van der Waals surface area (Å²) in [6.45, 7) is 0.348. The van der Waals surface area contributed by atoms with Crippen LogP contribution < -0.4 is 5.56 Å². The van der Waals surface area contributed by atoms with Crippen molar-refractivity contribution in [3.05, 3.63) is 68.4 Å². The molecule has 0 aliphatic rings. The van der Waals surface area contributed by atoms with Crippen LogP contribution in [0.25, 0.3) is 10.9 Å². The number of benzene rings is 1. The molecule has 20 heavy (non-hydrogen) atoms. The smallest absolute Gasteiger partial charge is 0.261 e. The Balaban J connectivity index is 2.11. The first kappa shape index (κ1) is 13.3. The monoisotopic (exact) mass is 349 g/mol. The Morgan fingerprint density at radius 1 is 1.25 bits per heavy atom. The maximum absolute atomic E-state index is 12.4. The second-order valence-electron chi connectivity index (χ2n) is 4.29. The number of rotatable bonds is 2. The molecule has 0 saturated carbocycles. The summed E-state index contributed by atoms with van der Waals surface area (Å²) in [4.78, 5) is 20.7. The normalized spacial score (nSPS) is 10.9. The number of nitrogens with zero attached hydrogens (tertiary/aromatic N) is 3. The van der Waals surface area contributed by atoms with Crippen LogP contribution in [-0.2, 0) is 6.54 Å². The molecule has 0 unspecified atom stereocenters. The van der Waals surface area contributed by atoms with E-state index in [1.165, 1.54) is 10.9 Å². The molecule has 2 heterocycles. The SMILES string of the molecule is O=c1c2cc(Br)ccc2ncn1Cc1cccnc1Cl. The molecular weight excluding hydrogens is 342 g/mol. The van der Waals surface area contributed by atoms with E-state index in [0.29, 0.717) is 22.6 Å². The standard InChI is InChI=1S/C14H9BrClN3O/c15-10-3-4-12-11(6-10)14(20)19(8-18-12)7-9-2-1-5-17-13(9)16/h1-6,8H,7H2. The molecule has 100 valence electrons. The van der Waals surface area contributed by atoms with Gasteiger partial charge in [-0.15, -0.1) is 0 Å². The summed E-state index contributed by atoms with van der Waals surface area (Å²) >= 11 is 9.38. The lowest BCUT2D eigenvalue weighted by Gasteiger charge is -2.07. The van der Waals surface area contributed by atoms with Gasteiger partial charge in [0.2, 0.25) is 0 Å². The fourth-order valence-electron chi connectivity index (χ4n) is 1.96. The van der Waals surface area contributed by atoms with Crippen LogP contribution in [0.5, 0.6) is 0 Å². The van der Waals surface area contributed by atoms with Crippen LogP contribution in [-0.4, -0.2) is 14.5 Å². The number of pyridine rings is 1. The topological polar surface area (TPSA) is 47.8 Å². The Hall–Kier alpha value is -1.72. The molecule has 3 aromatic rings. The molecule has 2 aromatic heterocycles. The minimum absolute atomic E-state index is 0.101. The number of aromatic nitrogens is 3. The van der Waals surface area contributed by atoms with Crippen molar-refractivity contribution in [3.63, 3.8) is 0 Å². The molecular formula is C14H9BrClN3O. The Morgan fingerprint density at radius 3 is 2.90 bits per heavy atom. The van der Waals surface area contributed by atoms with E-state index in [1.54, 1.807) is 18.3 Å². The molecule has 0 aliphatic heterocycles. The molecule has 3 rings (SSSR count). The van der Waals surface area contributed by atoms with Gasteiger partial charge in [-0.2, -0.15) is 0 Å². The third-order valence-corrected chi connectivity index (χ3v) is 3.80. The number of hydrogen-bond acceptors (Lipinski definition) is 3. The van der Waals surface area contributed by atoms with Gasteiger partial charge in [-0.25, -0.2) is 9.97 Å². The lowest BCUT2D eigenvalue weighted by atomic mass is 10.2. The lowest BCUT2D eigenvalue weighted by molar-refractivity contribution is 0.745. The van der Waals surface area contributed by atoms with Crippen molar-refractivity contribution in [3.8, 4) is 0 Å². The van der Waals surface area contributed by atoms with Crippen molar-refractivity contribution >= 4 is 38.4 Å². The van der Waals surface area contributed by atoms with Gasteiger partial charge in [0.25, 0.3) is 5.56 Å². The predicted molar refractivity (Wildman–Crippen MR) is 82.1 cm³/mol. The second kappa shape index (κ2) is 5.34. The Kier molecular flexibility index (Phi) is 3.54. The van der Waals surface area contributed by atoms with Crippen LogP contribution in [0.1, 0.15) is 5.56 Å². The molecule has 1 aromatic carbocycles. The average molecular weight is 351 g/mol. The molecule has 0 amide bonds.